The van der Waals surface area contributed by atoms with Crippen LogP contribution in [0.3, 0.4) is 0 Å². The molecule has 0 spiro atoms. The van der Waals surface area contributed by atoms with Crippen LogP contribution in [-0.2, 0) is 6.42 Å². The van der Waals surface area contributed by atoms with Crippen LogP contribution in [-0.4, -0.2) is 11.9 Å². The molecule has 154 valence electrons. The first-order valence-electron chi connectivity index (χ1n) is 11.6. The first-order chi connectivity index (χ1) is 14.3. The van der Waals surface area contributed by atoms with Crippen LogP contribution in [0.2, 0.25) is 0 Å². The van der Waals surface area contributed by atoms with Crippen molar-refractivity contribution >= 4 is 11.9 Å². The lowest BCUT2D eigenvalue weighted by atomic mass is 9.77. The normalized spacial score (nSPS) is 20.3. The van der Waals surface area contributed by atoms with E-state index in [4.69, 9.17) is 5.10 Å². The molecule has 29 heavy (non-hydrogen) atoms. The average molecular weight is 389 g/mol. The van der Waals surface area contributed by atoms with E-state index in [0.29, 0.717) is 5.92 Å². The topological polar surface area (TPSA) is 24.7 Å². The maximum Gasteiger partial charge on any atom is 0.0733 e. The molecule has 0 bridgehead atoms. The van der Waals surface area contributed by atoms with Gasteiger partial charge in [0.05, 0.1) is 11.9 Å². The quantitative estimate of drug-likeness (QED) is 0.242. The molecule has 0 aliphatic heterocycles. The zero-order valence-electron chi connectivity index (χ0n) is 18.2. The standard InChI is InChI=1S/C27H36N2/c1-3-5-7-10-23-13-15-24(16-14-23)21-28-29-27(25-11-8-6-9-12-25)26-19-17-22(4-2)18-20-26/h6,8-9,11-16,21-22,26H,3-5,7,10,17-20H2,1-2H3. The summed E-state index contributed by atoms with van der Waals surface area (Å²) >= 11 is 0. The molecule has 1 aliphatic carbocycles. The fraction of sp³-hybridized carbons (Fsp3) is 0.481. The Hall–Kier alpha value is -2.22. The van der Waals surface area contributed by atoms with Gasteiger partial charge in [-0.2, -0.15) is 10.2 Å². The molecule has 1 saturated carbocycles. The van der Waals surface area contributed by atoms with Crippen molar-refractivity contribution in [3.8, 4) is 0 Å². The molecule has 0 amide bonds. The first kappa shape index (κ1) is 21.5. The highest BCUT2D eigenvalue weighted by Crippen LogP contribution is 2.33. The minimum absolute atomic E-state index is 0.526. The van der Waals surface area contributed by atoms with Gasteiger partial charge in [-0.3, -0.25) is 0 Å². The van der Waals surface area contributed by atoms with Gasteiger partial charge in [0, 0.05) is 5.92 Å². The van der Waals surface area contributed by atoms with Gasteiger partial charge in [0.2, 0.25) is 0 Å². The molecular formula is C27H36N2. The van der Waals surface area contributed by atoms with Crippen molar-refractivity contribution in [2.75, 3.05) is 0 Å². The predicted molar refractivity (Wildman–Crippen MR) is 126 cm³/mol. The summed E-state index contributed by atoms with van der Waals surface area (Å²) in [6.45, 7) is 4.57. The zero-order chi connectivity index (χ0) is 20.3. The lowest BCUT2D eigenvalue weighted by Crippen LogP contribution is -2.22. The van der Waals surface area contributed by atoms with Crippen LogP contribution in [0.5, 0.6) is 0 Å². The van der Waals surface area contributed by atoms with E-state index in [1.165, 1.54) is 68.9 Å². The van der Waals surface area contributed by atoms with Crippen molar-refractivity contribution in [3.63, 3.8) is 0 Å². The van der Waals surface area contributed by atoms with Gasteiger partial charge in [0.25, 0.3) is 0 Å². The molecule has 0 atom stereocenters. The minimum Gasteiger partial charge on any atom is -0.158 e. The maximum absolute atomic E-state index is 4.73. The second-order valence-electron chi connectivity index (χ2n) is 8.42. The monoisotopic (exact) mass is 388 g/mol. The van der Waals surface area contributed by atoms with Crippen molar-refractivity contribution in [2.45, 2.75) is 71.6 Å². The fourth-order valence-corrected chi connectivity index (χ4v) is 4.34. The highest BCUT2D eigenvalue weighted by Gasteiger charge is 2.25. The molecular weight excluding hydrogens is 352 g/mol. The molecule has 2 nitrogen and oxygen atoms in total. The second-order valence-corrected chi connectivity index (χ2v) is 8.42. The summed E-state index contributed by atoms with van der Waals surface area (Å²) in [6.07, 6.45) is 13.3. The van der Waals surface area contributed by atoms with Crippen LogP contribution < -0.4 is 0 Å². The van der Waals surface area contributed by atoms with Gasteiger partial charge in [-0.15, -0.1) is 0 Å². The van der Waals surface area contributed by atoms with Gasteiger partial charge in [-0.1, -0.05) is 87.7 Å². The second kappa shape index (κ2) is 11.7. The summed E-state index contributed by atoms with van der Waals surface area (Å²) in [4.78, 5) is 0. The van der Waals surface area contributed by atoms with E-state index in [9.17, 15) is 0 Å². The van der Waals surface area contributed by atoms with Crippen molar-refractivity contribution in [1.82, 2.24) is 0 Å². The highest BCUT2D eigenvalue weighted by molar-refractivity contribution is 6.02. The molecule has 3 rings (SSSR count). The van der Waals surface area contributed by atoms with Crippen LogP contribution >= 0.6 is 0 Å². The molecule has 0 saturated heterocycles. The first-order valence-corrected chi connectivity index (χ1v) is 11.6. The van der Waals surface area contributed by atoms with Gasteiger partial charge in [-0.25, -0.2) is 0 Å². The predicted octanol–water partition coefficient (Wildman–Crippen LogP) is 7.46. The van der Waals surface area contributed by atoms with Gasteiger partial charge < -0.3 is 0 Å². The summed E-state index contributed by atoms with van der Waals surface area (Å²) in [5, 5.41) is 9.23. The van der Waals surface area contributed by atoms with Crippen LogP contribution in [0.1, 0.15) is 81.9 Å². The molecule has 0 unspecified atom stereocenters. The van der Waals surface area contributed by atoms with Crippen LogP contribution in [0.4, 0.5) is 0 Å². The molecule has 1 aliphatic rings. The number of nitrogens with zero attached hydrogens (tertiary/aromatic N) is 2. The van der Waals surface area contributed by atoms with E-state index in [1.54, 1.807) is 0 Å². The summed E-state index contributed by atoms with van der Waals surface area (Å²) in [5.41, 5.74) is 4.91. The van der Waals surface area contributed by atoms with E-state index in [-0.39, 0.29) is 0 Å². The van der Waals surface area contributed by atoms with E-state index >= 15 is 0 Å². The van der Waals surface area contributed by atoms with Crippen molar-refractivity contribution in [1.29, 1.82) is 0 Å². The van der Waals surface area contributed by atoms with Crippen LogP contribution in [0.25, 0.3) is 0 Å². The Morgan fingerprint density at radius 1 is 0.897 bits per heavy atom. The SMILES string of the molecule is CCCCCc1ccc(C=NN=C(c2ccccc2)C2CCC(CC)CC2)cc1. The van der Waals surface area contributed by atoms with Crippen LogP contribution in [0.15, 0.2) is 64.8 Å². The molecule has 0 radical (unpaired) electrons. The fourth-order valence-electron chi connectivity index (χ4n) is 4.34. The number of aryl methyl sites for hydroxylation is 1. The van der Waals surface area contributed by atoms with E-state index in [0.717, 1.165) is 17.2 Å². The molecule has 2 heteroatoms. The lowest BCUT2D eigenvalue weighted by molar-refractivity contribution is 0.315. The largest absolute Gasteiger partial charge is 0.158 e. The number of rotatable bonds is 9. The van der Waals surface area contributed by atoms with Gasteiger partial charge in [-0.05, 0) is 61.1 Å². The van der Waals surface area contributed by atoms with Crippen molar-refractivity contribution in [3.05, 3.63) is 71.3 Å². The van der Waals surface area contributed by atoms with Crippen LogP contribution in [0, 0.1) is 11.8 Å². The number of hydrogen-bond donors (Lipinski definition) is 0. The smallest absolute Gasteiger partial charge is 0.0733 e. The summed E-state index contributed by atoms with van der Waals surface area (Å²) in [6, 6.07) is 19.4. The van der Waals surface area contributed by atoms with E-state index in [1.807, 2.05) is 6.21 Å². The Kier molecular flexibility index (Phi) is 8.67. The Balaban J connectivity index is 1.69. The molecule has 0 N–H and O–H groups in total. The molecule has 2 aromatic rings. The summed E-state index contributed by atoms with van der Waals surface area (Å²) < 4.78 is 0. The van der Waals surface area contributed by atoms with Gasteiger partial charge >= 0.3 is 0 Å². The molecule has 1 fully saturated rings. The Labute approximate surface area is 177 Å². The van der Waals surface area contributed by atoms with Gasteiger partial charge in [0.15, 0.2) is 0 Å². The third kappa shape index (κ3) is 6.66. The Morgan fingerprint density at radius 3 is 2.28 bits per heavy atom. The van der Waals surface area contributed by atoms with Crippen molar-refractivity contribution in [2.24, 2.45) is 22.0 Å². The molecule has 2 aromatic carbocycles. The number of unbranched alkanes of at least 4 members (excludes halogenated alkanes) is 2. The third-order valence-electron chi connectivity index (χ3n) is 6.30. The average Bonchev–Trinajstić information content (AvgIpc) is 2.79. The van der Waals surface area contributed by atoms with Crippen molar-refractivity contribution < 1.29 is 0 Å². The summed E-state index contributed by atoms with van der Waals surface area (Å²) in [7, 11) is 0. The summed E-state index contributed by atoms with van der Waals surface area (Å²) in [5.74, 6) is 1.42. The number of benzene rings is 2. The lowest BCUT2D eigenvalue weighted by Gasteiger charge is -2.28. The molecule has 0 heterocycles. The van der Waals surface area contributed by atoms with E-state index in [2.05, 4.69) is 73.5 Å². The number of hydrogen-bond acceptors (Lipinski definition) is 2. The Morgan fingerprint density at radius 2 is 1.62 bits per heavy atom. The Bertz CT molecular complexity index is 766. The zero-order valence-corrected chi connectivity index (χ0v) is 18.2. The van der Waals surface area contributed by atoms with Gasteiger partial charge in [0.1, 0.15) is 0 Å². The maximum atomic E-state index is 4.73. The highest BCUT2D eigenvalue weighted by atomic mass is 15.2. The van der Waals surface area contributed by atoms with E-state index < -0.39 is 0 Å². The third-order valence-corrected chi connectivity index (χ3v) is 6.30. The minimum atomic E-state index is 0.526. The molecule has 0 aromatic heterocycles.